The lowest BCUT2D eigenvalue weighted by atomic mass is 10.2. The van der Waals surface area contributed by atoms with Crippen LogP contribution < -0.4 is 9.47 Å². The van der Waals surface area contributed by atoms with Gasteiger partial charge >= 0.3 is 0 Å². The van der Waals surface area contributed by atoms with Crippen LogP contribution in [-0.2, 0) is 13.5 Å². The molecule has 0 aliphatic heterocycles. The predicted octanol–water partition coefficient (Wildman–Crippen LogP) is 2.17. The van der Waals surface area contributed by atoms with E-state index in [1.165, 1.54) is 0 Å². The zero-order valence-electron chi connectivity index (χ0n) is 11.2. The first-order chi connectivity index (χ1) is 9.19. The summed E-state index contributed by atoms with van der Waals surface area (Å²) in [7, 11) is 5.10. The second-order valence-corrected chi connectivity index (χ2v) is 4.07. The Morgan fingerprint density at radius 2 is 2.00 bits per heavy atom. The number of nitriles is 1. The molecule has 0 aliphatic rings. The number of benzene rings is 1. The van der Waals surface area contributed by atoms with Gasteiger partial charge in [-0.05, 0) is 18.2 Å². The summed E-state index contributed by atoms with van der Waals surface area (Å²) in [6.07, 6.45) is 2.16. The summed E-state index contributed by atoms with van der Waals surface area (Å²) in [5.74, 6) is 2.13. The van der Waals surface area contributed by atoms with E-state index >= 15 is 0 Å². The van der Waals surface area contributed by atoms with Crippen LogP contribution in [-0.4, -0.2) is 23.8 Å². The maximum absolute atomic E-state index is 8.71. The van der Waals surface area contributed by atoms with Gasteiger partial charge in [0.15, 0.2) is 11.5 Å². The second kappa shape index (κ2) is 5.44. The Labute approximate surface area is 112 Å². The van der Waals surface area contributed by atoms with Crippen molar-refractivity contribution in [3.8, 4) is 29.0 Å². The van der Waals surface area contributed by atoms with Gasteiger partial charge < -0.3 is 14.0 Å². The van der Waals surface area contributed by atoms with E-state index in [-0.39, 0.29) is 0 Å². The molecule has 2 rings (SSSR count). The normalized spacial score (nSPS) is 10.0. The summed E-state index contributed by atoms with van der Waals surface area (Å²) in [6, 6.07) is 7.73. The quantitative estimate of drug-likeness (QED) is 0.842. The Hall–Kier alpha value is -2.48. The van der Waals surface area contributed by atoms with E-state index in [0.717, 1.165) is 17.1 Å². The van der Waals surface area contributed by atoms with Gasteiger partial charge in [0.25, 0.3) is 0 Å². The number of methoxy groups -OCH3 is 2. The second-order valence-electron chi connectivity index (χ2n) is 4.07. The van der Waals surface area contributed by atoms with E-state index < -0.39 is 0 Å². The third kappa shape index (κ3) is 2.52. The van der Waals surface area contributed by atoms with E-state index in [2.05, 4.69) is 11.1 Å². The Morgan fingerprint density at radius 1 is 1.26 bits per heavy atom. The molecular formula is C14H15N3O2. The van der Waals surface area contributed by atoms with Crippen molar-refractivity contribution < 1.29 is 9.47 Å². The van der Waals surface area contributed by atoms with E-state index in [0.29, 0.717) is 17.9 Å². The maximum Gasteiger partial charge on any atom is 0.161 e. The molecule has 5 nitrogen and oxygen atoms in total. The molecule has 19 heavy (non-hydrogen) atoms. The summed E-state index contributed by atoms with van der Waals surface area (Å²) in [6.45, 7) is 0. The smallest absolute Gasteiger partial charge is 0.161 e. The van der Waals surface area contributed by atoms with Crippen molar-refractivity contribution in [1.82, 2.24) is 9.55 Å². The van der Waals surface area contributed by atoms with Crippen LogP contribution >= 0.6 is 0 Å². The summed E-state index contributed by atoms with van der Waals surface area (Å²) < 4.78 is 12.4. The van der Waals surface area contributed by atoms with Gasteiger partial charge in [-0.25, -0.2) is 4.98 Å². The highest BCUT2D eigenvalue weighted by molar-refractivity contribution is 5.62. The first-order valence-corrected chi connectivity index (χ1v) is 5.81. The standard InChI is InChI=1S/C14H15N3O2/c1-17-9-11(6-7-15)16-14(17)10-4-5-12(18-2)13(8-10)19-3/h4-5,8-9H,6H2,1-3H3. The van der Waals surface area contributed by atoms with Gasteiger partial charge in [0.05, 0.1) is 32.4 Å². The fraction of sp³-hybridized carbons (Fsp3) is 0.286. The summed E-state index contributed by atoms with van der Waals surface area (Å²) in [5.41, 5.74) is 1.68. The van der Waals surface area contributed by atoms with Crippen molar-refractivity contribution in [2.45, 2.75) is 6.42 Å². The first kappa shape index (κ1) is 13.0. The molecule has 0 amide bonds. The molecule has 0 saturated heterocycles. The van der Waals surface area contributed by atoms with Crippen LogP contribution in [0.1, 0.15) is 5.69 Å². The molecule has 5 heteroatoms. The summed E-state index contributed by atoms with van der Waals surface area (Å²) in [4.78, 5) is 4.44. The summed E-state index contributed by atoms with van der Waals surface area (Å²) in [5, 5.41) is 8.71. The van der Waals surface area contributed by atoms with E-state index in [9.17, 15) is 0 Å². The van der Waals surface area contributed by atoms with E-state index in [4.69, 9.17) is 14.7 Å². The molecule has 98 valence electrons. The molecule has 0 aliphatic carbocycles. The highest BCUT2D eigenvalue weighted by Crippen LogP contribution is 2.31. The van der Waals surface area contributed by atoms with Gasteiger partial charge in [-0.2, -0.15) is 5.26 Å². The molecule has 0 saturated carbocycles. The lowest BCUT2D eigenvalue weighted by molar-refractivity contribution is 0.355. The number of aromatic nitrogens is 2. The molecule has 0 bridgehead atoms. The number of ether oxygens (including phenoxy) is 2. The number of imidazole rings is 1. The third-order valence-corrected chi connectivity index (χ3v) is 2.83. The fourth-order valence-electron chi connectivity index (χ4n) is 1.94. The van der Waals surface area contributed by atoms with Gasteiger partial charge in [0, 0.05) is 18.8 Å². The lowest BCUT2D eigenvalue weighted by Crippen LogP contribution is -1.94. The monoisotopic (exact) mass is 257 g/mol. The number of nitrogens with zero attached hydrogens (tertiary/aromatic N) is 3. The average molecular weight is 257 g/mol. The van der Waals surface area contributed by atoms with Gasteiger partial charge in [-0.1, -0.05) is 0 Å². The number of aryl methyl sites for hydroxylation is 1. The van der Waals surface area contributed by atoms with Crippen molar-refractivity contribution in [3.05, 3.63) is 30.1 Å². The molecular weight excluding hydrogens is 242 g/mol. The van der Waals surface area contributed by atoms with Crippen LogP contribution in [0.4, 0.5) is 0 Å². The largest absolute Gasteiger partial charge is 0.493 e. The Balaban J connectivity index is 2.44. The molecule has 1 aromatic heterocycles. The molecule has 2 aromatic rings. The van der Waals surface area contributed by atoms with Crippen LogP contribution in [0.2, 0.25) is 0 Å². The summed E-state index contributed by atoms with van der Waals surface area (Å²) >= 11 is 0. The zero-order valence-corrected chi connectivity index (χ0v) is 11.2. The topological polar surface area (TPSA) is 60.1 Å². The minimum absolute atomic E-state index is 0.307. The molecule has 0 unspecified atom stereocenters. The highest BCUT2D eigenvalue weighted by Gasteiger charge is 2.11. The van der Waals surface area contributed by atoms with Crippen molar-refractivity contribution in [3.63, 3.8) is 0 Å². The number of rotatable bonds is 4. The Morgan fingerprint density at radius 3 is 2.63 bits per heavy atom. The van der Waals surface area contributed by atoms with Gasteiger partial charge in [-0.15, -0.1) is 0 Å². The van der Waals surface area contributed by atoms with Crippen LogP contribution in [0, 0.1) is 11.3 Å². The molecule has 1 heterocycles. The van der Waals surface area contributed by atoms with Crippen LogP contribution in [0.5, 0.6) is 11.5 Å². The maximum atomic E-state index is 8.71. The lowest BCUT2D eigenvalue weighted by Gasteiger charge is -2.09. The minimum atomic E-state index is 0.307. The molecule has 0 N–H and O–H groups in total. The van der Waals surface area contributed by atoms with Crippen LogP contribution in [0.3, 0.4) is 0 Å². The third-order valence-electron chi connectivity index (χ3n) is 2.83. The average Bonchev–Trinajstić information content (AvgIpc) is 2.79. The minimum Gasteiger partial charge on any atom is -0.493 e. The van der Waals surface area contributed by atoms with Gasteiger partial charge in [0.1, 0.15) is 5.82 Å². The van der Waals surface area contributed by atoms with Crippen LogP contribution in [0.15, 0.2) is 24.4 Å². The molecule has 0 radical (unpaired) electrons. The van der Waals surface area contributed by atoms with Gasteiger partial charge in [-0.3, -0.25) is 0 Å². The predicted molar refractivity (Wildman–Crippen MR) is 71.1 cm³/mol. The first-order valence-electron chi connectivity index (χ1n) is 5.81. The van der Waals surface area contributed by atoms with Crippen molar-refractivity contribution >= 4 is 0 Å². The zero-order chi connectivity index (χ0) is 13.8. The molecule has 0 atom stereocenters. The van der Waals surface area contributed by atoms with Crippen molar-refractivity contribution in [2.75, 3.05) is 14.2 Å². The van der Waals surface area contributed by atoms with Crippen molar-refractivity contribution in [2.24, 2.45) is 7.05 Å². The number of hydrogen-bond acceptors (Lipinski definition) is 4. The van der Waals surface area contributed by atoms with Crippen molar-refractivity contribution in [1.29, 1.82) is 5.26 Å². The SMILES string of the molecule is COc1ccc(-c2nc(CC#N)cn2C)cc1OC. The van der Waals surface area contributed by atoms with E-state index in [1.807, 2.05) is 36.0 Å². The van der Waals surface area contributed by atoms with Crippen LogP contribution in [0.25, 0.3) is 11.4 Å². The Kier molecular flexibility index (Phi) is 3.71. The van der Waals surface area contributed by atoms with Gasteiger partial charge in [0.2, 0.25) is 0 Å². The highest BCUT2D eigenvalue weighted by atomic mass is 16.5. The fourth-order valence-corrected chi connectivity index (χ4v) is 1.94. The molecule has 0 fully saturated rings. The number of hydrogen-bond donors (Lipinski definition) is 0. The van der Waals surface area contributed by atoms with E-state index in [1.54, 1.807) is 14.2 Å². The molecule has 0 spiro atoms. The molecule has 1 aromatic carbocycles. The Bertz CT molecular complexity index is 626.